The van der Waals surface area contributed by atoms with Gasteiger partial charge in [-0.2, -0.15) is 0 Å². The number of fused-ring (bicyclic) bond motifs is 4. The van der Waals surface area contributed by atoms with Gasteiger partial charge in [0.1, 0.15) is 11.4 Å². The van der Waals surface area contributed by atoms with Gasteiger partial charge in [-0.1, -0.05) is 25.0 Å². The minimum atomic E-state index is -1.12. The van der Waals surface area contributed by atoms with Gasteiger partial charge in [0.2, 0.25) is 0 Å². The Morgan fingerprint density at radius 3 is 2.62 bits per heavy atom. The minimum absolute atomic E-state index is 0.0435. The summed E-state index contributed by atoms with van der Waals surface area (Å²) >= 11 is 0. The van der Waals surface area contributed by atoms with Crippen LogP contribution in [0.2, 0.25) is 0 Å². The van der Waals surface area contributed by atoms with Crippen molar-refractivity contribution in [2.24, 2.45) is 29.1 Å². The number of carbonyl (C=O) groups excluding carboxylic acids is 2. The van der Waals surface area contributed by atoms with Crippen LogP contribution in [0.25, 0.3) is 0 Å². The summed E-state index contributed by atoms with van der Waals surface area (Å²) in [5.74, 6) is 2.47. The zero-order valence-electron chi connectivity index (χ0n) is 15.2. The molecule has 0 aromatic rings. The van der Waals surface area contributed by atoms with E-state index in [4.69, 9.17) is 0 Å². The first-order valence-corrected chi connectivity index (χ1v) is 9.75. The fraction of sp³-hybridized carbons (Fsp3) is 0.810. The molecular formula is C21H30O3. The van der Waals surface area contributed by atoms with Crippen LogP contribution in [-0.2, 0) is 9.59 Å². The third kappa shape index (κ3) is 2.00. The fourth-order valence-electron chi connectivity index (χ4n) is 6.96. The molecule has 3 heteroatoms. The van der Waals surface area contributed by atoms with Crippen molar-refractivity contribution in [1.29, 1.82) is 0 Å². The lowest BCUT2D eigenvalue weighted by molar-refractivity contribution is -0.155. The fourth-order valence-corrected chi connectivity index (χ4v) is 6.96. The molecule has 3 nitrogen and oxygen atoms in total. The van der Waals surface area contributed by atoms with Gasteiger partial charge in [-0.05, 0) is 69.1 Å². The third-order valence-corrected chi connectivity index (χ3v) is 8.31. The molecule has 0 spiro atoms. The Hall–Kier alpha value is -0.960. The molecule has 0 saturated heterocycles. The molecule has 0 aromatic heterocycles. The van der Waals surface area contributed by atoms with Crippen LogP contribution in [0.5, 0.6) is 0 Å². The van der Waals surface area contributed by atoms with E-state index in [-0.39, 0.29) is 11.2 Å². The van der Waals surface area contributed by atoms with Crippen molar-refractivity contribution in [3.63, 3.8) is 0 Å². The highest BCUT2D eigenvalue weighted by Gasteiger charge is 2.63. The summed E-state index contributed by atoms with van der Waals surface area (Å²) < 4.78 is 0. The number of rotatable bonds is 1. The summed E-state index contributed by atoms with van der Waals surface area (Å²) in [5, 5.41) is 11.1. The van der Waals surface area contributed by atoms with Crippen molar-refractivity contribution in [1.82, 2.24) is 0 Å². The molecule has 132 valence electrons. The number of aliphatic hydroxyl groups is 1. The highest BCUT2D eigenvalue weighted by molar-refractivity contribution is 5.86. The smallest absolute Gasteiger partial charge is 0.161 e. The van der Waals surface area contributed by atoms with Crippen LogP contribution < -0.4 is 0 Å². The lowest BCUT2D eigenvalue weighted by Crippen LogP contribution is -2.55. The second kappa shape index (κ2) is 5.27. The number of hydrogen-bond acceptors (Lipinski definition) is 3. The molecule has 4 aliphatic rings. The first kappa shape index (κ1) is 16.5. The Morgan fingerprint density at radius 2 is 1.92 bits per heavy atom. The van der Waals surface area contributed by atoms with Gasteiger partial charge in [-0.3, -0.25) is 9.59 Å². The summed E-state index contributed by atoms with van der Waals surface area (Å²) in [4.78, 5) is 24.1. The van der Waals surface area contributed by atoms with Gasteiger partial charge < -0.3 is 5.11 Å². The van der Waals surface area contributed by atoms with E-state index in [0.717, 1.165) is 32.1 Å². The second-order valence-electron chi connectivity index (χ2n) is 9.19. The highest BCUT2D eigenvalue weighted by Crippen LogP contribution is 2.65. The maximum atomic E-state index is 12.2. The zero-order valence-corrected chi connectivity index (χ0v) is 15.2. The van der Waals surface area contributed by atoms with Crippen LogP contribution in [0.3, 0.4) is 0 Å². The molecule has 0 aromatic carbocycles. The first-order valence-electron chi connectivity index (χ1n) is 9.75. The van der Waals surface area contributed by atoms with Crippen LogP contribution in [0.15, 0.2) is 11.1 Å². The van der Waals surface area contributed by atoms with E-state index in [1.807, 2.05) is 0 Å². The van der Waals surface area contributed by atoms with Crippen molar-refractivity contribution in [3.8, 4) is 0 Å². The molecule has 0 heterocycles. The average molecular weight is 330 g/mol. The Bertz CT molecular complexity index is 633. The second-order valence-corrected chi connectivity index (χ2v) is 9.19. The Balaban J connectivity index is 1.70. The Kier molecular flexibility index (Phi) is 3.62. The van der Waals surface area contributed by atoms with Crippen LogP contribution >= 0.6 is 0 Å². The molecule has 2 saturated carbocycles. The van der Waals surface area contributed by atoms with E-state index >= 15 is 0 Å². The van der Waals surface area contributed by atoms with Gasteiger partial charge in [0.15, 0.2) is 5.78 Å². The summed E-state index contributed by atoms with van der Waals surface area (Å²) in [7, 11) is 0. The lowest BCUT2D eigenvalue weighted by atomic mass is 9.51. The SMILES string of the molecule is CC(=O)[C@@]1(O)CC[C@H]2[C@@H]3C[C@H](C)C4=C(CCC(=O)C4)[C@H]3CC[C@@]21C. The predicted octanol–water partition coefficient (Wildman–Crippen LogP) is 3.84. The molecule has 0 radical (unpaired) electrons. The topological polar surface area (TPSA) is 54.4 Å². The maximum absolute atomic E-state index is 12.2. The van der Waals surface area contributed by atoms with Crippen molar-refractivity contribution < 1.29 is 14.7 Å². The Morgan fingerprint density at radius 1 is 1.17 bits per heavy atom. The number of Topliss-reactive ketones (excluding diaryl/α,β-unsaturated/α-hetero) is 2. The van der Waals surface area contributed by atoms with E-state index < -0.39 is 5.60 Å². The van der Waals surface area contributed by atoms with Crippen molar-refractivity contribution in [2.45, 2.75) is 77.7 Å². The summed E-state index contributed by atoms with van der Waals surface area (Å²) in [6, 6.07) is 0. The number of allylic oxidation sites excluding steroid dienone is 2. The van der Waals surface area contributed by atoms with Crippen LogP contribution in [0, 0.1) is 29.1 Å². The molecule has 24 heavy (non-hydrogen) atoms. The monoisotopic (exact) mass is 330 g/mol. The highest BCUT2D eigenvalue weighted by atomic mass is 16.3. The van der Waals surface area contributed by atoms with Crippen molar-refractivity contribution in [2.75, 3.05) is 0 Å². The summed E-state index contributed by atoms with van der Waals surface area (Å²) in [6.07, 6.45) is 7.10. The van der Waals surface area contributed by atoms with Gasteiger partial charge in [-0.15, -0.1) is 0 Å². The molecule has 0 aliphatic heterocycles. The van der Waals surface area contributed by atoms with E-state index in [0.29, 0.717) is 48.7 Å². The van der Waals surface area contributed by atoms with Gasteiger partial charge in [0.25, 0.3) is 0 Å². The molecule has 4 rings (SSSR count). The van der Waals surface area contributed by atoms with Crippen molar-refractivity contribution >= 4 is 11.6 Å². The molecule has 0 bridgehead atoms. The van der Waals surface area contributed by atoms with E-state index in [1.54, 1.807) is 12.5 Å². The molecule has 4 aliphatic carbocycles. The van der Waals surface area contributed by atoms with Gasteiger partial charge >= 0.3 is 0 Å². The van der Waals surface area contributed by atoms with Crippen LogP contribution in [0.4, 0.5) is 0 Å². The molecule has 6 atom stereocenters. The largest absolute Gasteiger partial charge is 0.382 e. The van der Waals surface area contributed by atoms with Crippen LogP contribution in [0.1, 0.15) is 72.1 Å². The molecule has 1 N–H and O–H groups in total. The summed E-state index contributed by atoms with van der Waals surface area (Å²) in [6.45, 7) is 6.01. The predicted molar refractivity (Wildman–Crippen MR) is 92.3 cm³/mol. The Labute approximate surface area is 144 Å². The number of ketones is 2. The molecule has 0 unspecified atom stereocenters. The molecule has 2 fully saturated rings. The van der Waals surface area contributed by atoms with E-state index in [1.165, 1.54) is 5.57 Å². The normalized spacial score (nSPS) is 47.9. The summed E-state index contributed by atoms with van der Waals surface area (Å²) in [5.41, 5.74) is 1.64. The van der Waals surface area contributed by atoms with Crippen LogP contribution in [-0.4, -0.2) is 22.3 Å². The minimum Gasteiger partial charge on any atom is -0.382 e. The first-order chi connectivity index (χ1) is 11.3. The van der Waals surface area contributed by atoms with Gasteiger partial charge in [0, 0.05) is 18.3 Å². The standard InChI is InChI=1S/C21H30O3/c1-12-10-18-16(15-5-4-14(23)11-17(12)15)6-8-20(3)19(18)7-9-21(20,24)13(2)22/h12,16,18-19,24H,4-11H2,1-3H3/t12-,16+,18+,19-,20-,21-/m0/s1. The number of carbonyl (C=O) groups is 2. The molecular weight excluding hydrogens is 300 g/mol. The van der Waals surface area contributed by atoms with Gasteiger partial charge in [-0.25, -0.2) is 0 Å². The van der Waals surface area contributed by atoms with Gasteiger partial charge in [0.05, 0.1) is 0 Å². The van der Waals surface area contributed by atoms with E-state index in [9.17, 15) is 14.7 Å². The lowest BCUT2D eigenvalue weighted by Gasteiger charge is -2.54. The maximum Gasteiger partial charge on any atom is 0.161 e. The number of hydrogen-bond donors (Lipinski definition) is 1. The average Bonchev–Trinajstić information content (AvgIpc) is 2.81. The molecule has 0 amide bonds. The quantitative estimate of drug-likeness (QED) is 0.743. The van der Waals surface area contributed by atoms with E-state index in [2.05, 4.69) is 13.8 Å². The third-order valence-electron chi connectivity index (χ3n) is 8.31. The zero-order chi connectivity index (χ0) is 17.3. The van der Waals surface area contributed by atoms with Crippen molar-refractivity contribution in [3.05, 3.63) is 11.1 Å².